The average Bonchev–Trinajstić information content (AvgIpc) is 3.01. The van der Waals surface area contributed by atoms with Crippen LogP contribution in [0.3, 0.4) is 0 Å². The fourth-order valence-corrected chi connectivity index (χ4v) is 4.46. The lowest BCUT2D eigenvalue weighted by Crippen LogP contribution is -2.48. The van der Waals surface area contributed by atoms with Crippen LogP contribution < -0.4 is 0 Å². The molecule has 0 amide bonds. The molecule has 0 atom stereocenters. The molecule has 23 heavy (non-hydrogen) atoms. The molecule has 1 aromatic carbocycles. The van der Waals surface area contributed by atoms with Crippen LogP contribution in [0.1, 0.15) is 5.76 Å². The Labute approximate surface area is 147 Å². The molecule has 1 saturated heterocycles. The Bertz CT molecular complexity index is 727. The maximum absolute atomic E-state index is 12.6. The van der Waals surface area contributed by atoms with Gasteiger partial charge in [0.2, 0.25) is 10.0 Å². The van der Waals surface area contributed by atoms with Crippen LogP contribution in [-0.4, -0.2) is 43.8 Å². The van der Waals surface area contributed by atoms with Crippen LogP contribution in [0.4, 0.5) is 0 Å². The molecule has 0 aliphatic carbocycles. The van der Waals surface area contributed by atoms with Crippen molar-refractivity contribution in [1.29, 1.82) is 0 Å². The summed E-state index contributed by atoms with van der Waals surface area (Å²) in [4.78, 5) is 2.36. The Morgan fingerprint density at radius 1 is 1.04 bits per heavy atom. The first-order valence-electron chi connectivity index (χ1n) is 7.07. The van der Waals surface area contributed by atoms with Crippen molar-refractivity contribution in [3.05, 3.63) is 53.4 Å². The third kappa shape index (κ3) is 4.08. The smallest absolute Gasteiger partial charge is 0.244 e. The van der Waals surface area contributed by atoms with Crippen molar-refractivity contribution in [3.63, 3.8) is 0 Å². The standard InChI is InChI=1S/C15H17ClN2O3S.ClH/c16-14-5-1-2-6-15(14)22(19,20)18-9-7-17(8-10-18)12-13-4-3-11-21-13;/h1-6,11H,7-10,12H2;1H. The molecule has 0 radical (unpaired) electrons. The number of furan rings is 1. The Morgan fingerprint density at radius 2 is 1.74 bits per heavy atom. The summed E-state index contributed by atoms with van der Waals surface area (Å²) in [6.07, 6.45) is 1.65. The quantitative estimate of drug-likeness (QED) is 0.822. The van der Waals surface area contributed by atoms with Gasteiger partial charge in [-0.25, -0.2) is 8.42 Å². The van der Waals surface area contributed by atoms with E-state index < -0.39 is 10.0 Å². The highest BCUT2D eigenvalue weighted by Crippen LogP contribution is 2.25. The normalized spacial score (nSPS) is 16.9. The van der Waals surface area contributed by atoms with Gasteiger partial charge in [-0.1, -0.05) is 23.7 Å². The topological polar surface area (TPSA) is 53.8 Å². The van der Waals surface area contributed by atoms with E-state index in [9.17, 15) is 8.42 Å². The number of nitrogens with zero attached hydrogens (tertiary/aromatic N) is 2. The van der Waals surface area contributed by atoms with Crippen LogP contribution >= 0.6 is 24.0 Å². The monoisotopic (exact) mass is 376 g/mol. The van der Waals surface area contributed by atoms with E-state index in [1.54, 1.807) is 30.5 Å². The number of piperazine rings is 1. The number of halogens is 2. The molecule has 0 saturated carbocycles. The van der Waals surface area contributed by atoms with Crippen molar-refractivity contribution in [2.24, 2.45) is 0 Å². The van der Waals surface area contributed by atoms with Crippen molar-refractivity contribution in [2.45, 2.75) is 11.4 Å². The van der Waals surface area contributed by atoms with Crippen LogP contribution in [0.15, 0.2) is 52.0 Å². The van der Waals surface area contributed by atoms with Crippen molar-refractivity contribution >= 4 is 34.0 Å². The zero-order valence-corrected chi connectivity index (χ0v) is 14.8. The molecule has 8 heteroatoms. The van der Waals surface area contributed by atoms with Gasteiger partial charge in [0.05, 0.1) is 17.8 Å². The second-order valence-electron chi connectivity index (χ2n) is 5.19. The van der Waals surface area contributed by atoms with Gasteiger partial charge in [0.15, 0.2) is 0 Å². The molecule has 0 bridgehead atoms. The highest BCUT2D eigenvalue weighted by atomic mass is 35.5. The maximum Gasteiger partial charge on any atom is 0.244 e. The number of hydrogen-bond acceptors (Lipinski definition) is 4. The first kappa shape index (κ1) is 18.3. The minimum Gasteiger partial charge on any atom is -0.468 e. The fraction of sp³-hybridized carbons (Fsp3) is 0.333. The van der Waals surface area contributed by atoms with E-state index >= 15 is 0 Å². The van der Waals surface area contributed by atoms with Crippen molar-refractivity contribution in [2.75, 3.05) is 26.2 Å². The van der Waals surface area contributed by atoms with Gasteiger partial charge in [-0.15, -0.1) is 12.4 Å². The number of sulfonamides is 1. The lowest BCUT2D eigenvalue weighted by Gasteiger charge is -2.33. The fourth-order valence-electron chi connectivity index (χ4n) is 2.54. The first-order valence-corrected chi connectivity index (χ1v) is 8.88. The molecule has 2 aromatic rings. The number of rotatable bonds is 4. The average molecular weight is 377 g/mol. The van der Waals surface area contributed by atoms with Crippen LogP contribution in [0.5, 0.6) is 0 Å². The number of hydrogen-bond donors (Lipinski definition) is 0. The highest BCUT2D eigenvalue weighted by molar-refractivity contribution is 7.89. The molecule has 126 valence electrons. The summed E-state index contributed by atoms with van der Waals surface area (Å²) in [6.45, 7) is 2.95. The SMILES string of the molecule is Cl.O=S(=O)(c1ccccc1Cl)N1CCN(Cc2ccco2)CC1. The van der Waals surface area contributed by atoms with E-state index in [1.165, 1.54) is 4.31 Å². The zero-order chi connectivity index (χ0) is 15.6. The Hall–Kier alpha value is -1.05. The van der Waals surface area contributed by atoms with E-state index in [1.807, 2.05) is 12.1 Å². The molecule has 3 rings (SSSR count). The van der Waals surface area contributed by atoms with Gasteiger partial charge in [-0.05, 0) is 24.3 Å². The Morgan fingerprint density at radius 3 is 2.35 bits per heavy atom. The van der Waals surface area contributed by atoms with Gasteiger partial charge in [0, 0.05) is 26.2 Å². The predicted octanol–water partition coefficient (Wildman–Crippen LogP) is 2.86. The molecule has 1 aliphatic rings. The van der Waals surface area contributed by atoms with Crippen LogP contribution in [0.25, 0.3) is 0 Å². The van der Waals surface area contributed by atoms with Gasteiger partial charge in [0.1, 0.15) is 10.7 Å². The van der Waals surface area contributed by atoms with Crippen molar-refractivity contribution < 1.29 is 12.8 Å². The maximum atomic E-state index is 12.6. The molecular formula is C15H18Cl2N2O3S. The van der Waals surface area contributed by atoms with E-state index in [2.05, 4.69) is 4.90 Å². The van der Waals surface area contributed by atoms with Gasteiger partial charge in [0.25, 0.3) is 0 Å². The second kappa shape index (κ2) is 7.68. The van der Waals surface area contributed by atoms with E-state index in [0.29, 0.717) is 32.7 Å². The first-order chi connectivity index (χ1) is 10.6. The summed E-state index contributed by atoms with van der Waals surface area (Å²) in [7, 11) is -3.53. The van der Waals surface area contributed by atoms with Crippen LogP contribution in [0.2, 0.25) is 5.02 Å². The second-order valence-corrected chi connectivity index (χ2v) is 7.50. The van der Waals surface area contributed by atoms with E-state index in [4.69, 9.17) is 16.0 Å². The van der Waals surface area contributed by atoms with Gasteiger partial charge < -0.3 is 4.42 Å². The third-order valence-corrected chi connectivity index (χ3v) is 6.14. The van der Waals surface area contributed by atoms with Gasteiger partial charge in [-0.3, -0.25) is 4.90 Å². The summed E-state index contributed by atoms with van der Waals surface area (Å²) in [5, 5.41) is 0.264. The van der Waals surface area contributed by atoms with Crippen LogP contribution in [-0.2, 0) is 16.6 Å². The molecule has 2 heterocycles. The number of benzene rings is 1. The molecular weight excluding hydrogens is 359 g/mol. The van der Waals surface area contributed by atoms with Crippen molar-refractivity contribution in [1.82, 2.24) is 9.21 Å². The summed E-state index contributed by atoms with van der Waals surface area (Å²) in [5.74, 6) is 0.891. The third-order valence-electron chi connectivity index (χ3n) is 3.75. The summed E-state index contributed by atoms with van der Waals surface area (Å²) in [5.41, 5.74) is 0. The van der Waals surface area contributed by atoms with E-state index in [-0.39, 0.29) is 22.3 Å². The van der Waals surface area contributed by atoms with Gasteiger partial charge in [-0.2, -0.15) is 4.31 Å². The molecule has 1 aromatic heterocycles. The molecule has 0 unspecified atom stereocenters. The van der Waals surface area contributed by atoms with E-state index in [0.717, 1.165) is 5.76 Å². The lowest BCUT2D eigenvalue weighted by atomic mass is 10.3. The van der Waals surface area contributed by atoms with Gasteiger partial charge >= 0.3 is 0 Å². The molecule has 1 aliphatic heterocycles. The largest absolute Gasteiger partial charge is 0.468 e. The lowest BCUT2D eigenvalue weighted by molar-refractivity contribution is 0.171. The Balaban J connectivity index is 0.00000192. The van der Waals surface area contributed by atoms with Crippen molar-refractivity contribution in [3.8, 4) is 0 Å². The predicted molar refractivity (Wildman–Crippen MR) is 91.4 cm³/mol. The zero-order valence-electron chi connectivity index (χ0n) is 12.4. The van der Waals surface area contributed by atoms with Crippen LogP contribution in [0, 0.1) is 0 Å². The summed E-state index contributed by atoms with van der Waals surface area (Å²) in [6, 6.07) is 10.3. The molecule has 0 spiro atoms. The summed E-state index contributed by atoms with van der Waals surface area (Å²) < 4.78 is 32.1. The molecule has 0 N–H and O–H groups in total. The minimum absolute atomic E-state index is 0. The summed E-state index contributed by atoms with van der Waals surface area (Å²) >= 11 is 6.02. The minimum atomic E-state index is -3.53. The Kier molecular flexibility index (Phi) is 6.11. The molecule has 1 fully saturated rings. The highest BCUT2D eigenvalue weighted by Gasteiger charge is 2.29. The molecule has 5 nitrogen and oxygen atoms in total.